The fraction of sp³-hybridized carbons (Fsp3) is 0. The van der Waals surface area contributed by atoms with Crippen LogP contribution in [0.15, 0.2) is 66.9 Å². The van der Waals surface area contributed by atoms with Crippen LogP contribution in [-0.2, 0) is 4.79 Å². The first-order chi connectivity index (χ1) is 14.4. The number of carbonyl (C=O) groups is 2. The summed E-state index contributed by atoms with van der Waals surface area (Å²) in [6, 6.07) is 12.9. The molecular weight excluding hydrogens is 391 g/mol. The molecule has 9 heteroatoms. The number of carboxylic acid groups (broad SMARTS) is 1. The molecule has 2 aromatic carbocycles. The SMILES string of the molecule is Nc1nccc(Oc2ccc(NC(=O)Nc3ccc(F)cc3)cc2)c1/C=C/C(=O)O. The molecule has 1 aromatic heterocycles. The third-order valence-electron chi connectivity index (χ3n) is 3.82. The average molecular weight is 408 g/mol. The number of benzene rings is 2. The highest BCUT2D eigenvalue weighted by Crippen LogP contribution is 2.29. The molecule has 0 bridgehead atoms. The second-order valence-electron chi connectivity index (χ2n) is 5.99. The normalized spacial score (nSPS) is 10.6. The van der Waals surface area contributed by atoms with Gasteiger partial charge in [-0.2, -0.15) is 0 Å². The molecule has 0 atom stereocenters. The van der Waals surface area contributed by atoms with Gasteiger partial charge in [0, 0.05) is 23.6 Å². The number of hydrogen-bond acceptors (Lipinski definition) is 5. The van der Waals surface area contributed by atoms with Gasteiger partial charge >= 0.3 is 12.0 Å². The molecule has 0 fully saturated rings. The molecule has 0 aliphatic rings. The van der Waals surface area contributed by atoms with E-state index in [2.05, 4.69) is 15.6 Å². The van der Waals surface area contributed by atoms with Gasteiger partial charge in [-0.25, -0.2) is 19.0 Å². The highest BCUT2D eigenvalue weighted by atomic mass is 19.1. The zero-order valence-corrected chi connectivity index (χ0v) is 15.5. The Labute approximate surface area is 170 Å². The predicted octanol–water partition coefficient (Wildman–Crippen LogP) is 4.34. The van der Waals surface area contributed by atoms with Crippen LogP contribution in [0, 0.1) is 5.82 Å². The summed E-state index contributed by atoms with van der Waals surface area (Å²) in [6.45, 7) is 0. The van der Waals surface area contributed by atoms with E-state index in [9.17, 15) is 14.0 Å². The number of nitrogens with zero attached hydrogens (tertiary/aromatic N) is 1. The van der Waals surface area contributed by atoms with E-state index in [0.29, 0.717) is 28.4 Å². The van der Waals surface area contributed by atoms with Crippen molar-refractivity contribution in [3.8, 4) is 11.5 Å². The van der Waals surface area contributed by atoms with E-state index in [0.717, 1.165) is 6.08 Å². The number of rotatable bonds is 6. The molecule has 30 heavy (non-hydrogen) atoms. The minimum absolute atomic E-state index is 0.126. The molecule has 0 aliphatic heterocycles. The molecule has 0 saturated heterocycles. The monoisotopic (exact) mass is 408 g/mol. The van der Waals surface area contributed by atoms with E-state index in [1.165, 1.54) is 36.5 Å². The number of nitrogens with two attached hydrogens (primary N) is 1. The Balaban J connectivity index is 1.66. The van der Waals surface area contributed by atoms with Crippen LogP contribution in [0.1, 0.15) is 5.56 Å². The summed E-state index contributed by atoms with van der Waals surface area (Å²) in [4.78, 5) is 26.7. The summed E-state index contributed by atoms with van der Waals surface area (Å²) in [5.41, 5.74) is 7.09. The molecule has 0 aliphatic carbocycles. The van der Waals surface area contributed by atoms with Crippen LogP contribution in [0.25, 0.3) is 6.08 Å². The molecule has 3 rings (SSSR count). The molecule has 8 nitrogen and oxygen atoms in total. The first-order valence-electron chi connectivity index (χ1n) is 8.67. The number of carboxylic acids is 1. The summed E-state index contributed by atoms with van der Waals surface area (Å²) in [5.74, 6) is -0.627. The standard InChI is InChI=1S/C21H17FN4O4/c22-13-1-3-14(4-2-13)25-21(29)26-15-5-7-16(8-6-15)30-18-11-12-24-20(23)17(18)9-10-19(27)28/h1-12H,(H2,23,24)(H,27,28)(H2,25,26,29)/b10-9+. The van der Waals surface area contributed by atoms with E-state index in [-0.39, 0.29) is 5.82 Å². The van der Waals surface area contributed by atoms with E-state index in [4.69, 9.17) is 15.6 Å². The van der Waals surface area contributed by atoms with Crippen molar-refractivity contribution < 1.29 is 23.8 Å². The number of carbonyl (C=O) groups excluding carboxylic acids is 1. The van der Waals surface area contributed by atoms with E-state index in [1.807, 2.05) is 0 Å². The van der Waals surface area contributed by atoms with Crippen molar-refractivity contribution in [3.05, 3.63) is 78.3 Å². The van der Waals surface area contributed by atoms with Gasteiger partial charge in [0.25, 0.3) is 0 Å². The van der Waals surface area contributed by atoms with Crippen LogP contribution in [0.4, 0.5) is 26.4 Å². The summed E-state index contributed by atoms with van der Waals surface area (Å²) >= 11 is 0. The van der Waals surface area contributed by atoms with Gasteiger partial charge < -0.3 is 26.2 Å². The smallest absolute Gasteiger partial charge is 0.328 e. The molecule has 2 amide bonds. The quantitative estimate of drug-likeness (QED) is 0.450. The number of ether oxygens (including phenoxy) is 1. The fourth-order valence-electron chi connectivity index (χ4n) is 2.44. The average Bonchev–Trinajstić information content (AvgIpc) is 2.70. The molecule has 0 radical (unpaired) electrons. The Morgan fingerprint density at radius 3 is 2.20 bits per heavy atom. The highest BCUT2D eigenvalue weighted by Gasteiger charge is 2.09. The first kappa shape index (κ1) is 20.3. The van der Waals surface area contributed by atoms with Gasteiger partial charge in [0.05, 0.1) is 5.56 Å². The summed E-state index contributed by atoms with van der Waals surface area (Å²) in [6.07, 6.45) is 3.68. The number of aliphatic carboxylic acids is 1. The second-order valence-corrected chi connectivity index (χ2v) is 5.99. The molecular formula is C21H17FN4O4. The van der Waals surface area contributed by atoms with Crippen LogP contribution in [0.5, 0.6) is 11.5 Å². The third-order valence-corrected chi connectivity index (χ3v) is 3.82. The number of anilines is 3. The van der Waals surface area contributed by atoms with Gasteiger partial charge in [0.1, 0.15) is 23.1 Å². The van der Waals surface area contributed by atoms with Crippen molar-refractivity contribution in [2.45, 2.75) is 0 Å². The van der Waals surface area contributed by atoms with Crippen LogP contribution < -0.4 is 21.1 Å². The molecule has 0 saturated carbocycles. The van der Waals surface area contributed by atoms with Crippen molar-refractivity contribution >= 4 is 35.3 Å². The molecule has 3 aromatic rings. The second kappa shape index (κ2) is 9.20. The number of nitrogen functional groups attached to an aromatic ring is 1. The zero-order chi connectivity index (χ0) is 21.5. The van der Waals surface area contributed by atoms with Gasteiger partial charge in [-0.05, 0) is 60.7 Å². The number of hydrogen-bond donors (Lipinski definition) is 4. The lowest BCUT2D eigenvalue weighted by molar-refractivity contribution is -0.131. The van der Waals surface area contributed by atoms with Crippen LogP contribution in [0.2, 0.25) is 0 Å². The number of urea groups is 1. The number of pyridine rings is 1. The lowest BCUT2D eigenvalue weighted by Crippen LogP contribution is -2.19. The van der Waals surface area contributed by atoms with Crippen LogP contribution in [0.3, 0.4) is 0 Å². The Hall–Kier alpha value is -4.40. The van der Waals surface area contributed by atoms with Crippen molar-refractivity contribution in [2.24, 2.45) is 0 Å². The minimum atomic E-state index is -1.13. The Bertz CT molecular complexity index is 1080. The van der Waals surface area contributed by atoms with Crippen molar-refractivity contribution in [1.29, 1.82) is 0 Å². The molecule has 5 N–H and O–H groups in total. The predicted molar refractivity (Wildman–Crippen MR) is 111 cm³/mol. The van der Waals surface area contributed by atoms with Gasteiger partial charge in [0.2, 0.25) is 0 Å². The topological polar surface area (TPSA) is 127 Å². The first-order valence-corrected chi connectivity index (χ1v) is 8.67. The number of nitrogens with one attached hydrogen (secondary N) is 2. The van der Waals surface area contributed by atoms with Crippen LogP contribution >= 0.6 is 0 Å². The maximum Gasteiger partial charge on any atom is 0.328 e. The number of amides is 2. The van der Waals surface area contributed by atoms with Gasteiger partial charge in [-0.1, -0.05) is 0 Å². The Kier molecular flexibility index (Phi) is 6.23. The largest absolute Gasteiger partial charge is 0.478 e. The number of halogens is 1. The number of aromatic nitrogens is 1. The van der Waals surface area contributed by atoms with E-state index in [1.54, 1.807) is 30.3 Å². The van der Waals surface area contributed by atoms with Crippen molar-refractivity contribution in [1.82, 2.24) is 4.98 Å². The summed E-state index contributed by atoms with van der Waals surface area (Å²) in [5, 5.41) is 14.0. The minimum Gasteiger partial charge on any atom is -0.478 e. The highest BCUT2D eigenvalue weighted by molar-refractivity contribution is 5.99. The van der Waals surface area contributed by atoms with E-state index >= 15 is 0 Å². The summed E-state index contributed by atoms with van der Waals surface area (Å²) < 4.78 is 18.7. The van der Waals surface area contributed by atoms with Gasteiger partial charge in [0.15, 0.2) is 0 Å². The maximum absolute atomic E-state index is 12.9. The van der Waals surface area contributed by atoms with Crippen LogP contribution in [-0.4, -0.2) is 22.1 Å². The molecule has 152 valence electrons. The molecule has 1 heterocycles. The van der Waals surface area contributed by atoms with Crippen molar-refractivity contribution in [3.63, 3.8) is 0 Å². The Morgan fingerprint density at radius 1 is 1.00 bits per heavy atom. The van der Waals surface area contributed by atoms with E-state index < -0.39 is 17.8 Å². The lowest BCUT2D eigenvalue weighted by atomic mass is 10.2. The molecule has 0 unspecified atom stereocenters. The van der Waals surface area contributed by atoms with Crippen molar-refractivity contribution in [2.75, 3.05) is 16.4 Å². The van der Waals surface area contributed by atoms with Gasteiger partial charge in [-0.15, -0.1) is 0 Å². The summed E-state index contributed by atoms with van der Waals surface area (Å²) in [7, 11) is 0. The maximum atomic E-state index is 12.9. The third kappa shape index (κ3) is 5.55. The molecule has 0 spiro atoms. The lowest BCUT2D eigenvalue weighted by Gasteiger charge is -2.11. The zero-order valence-electron chi connectivity index (χ0n) is 15.5. The Morgan fingerprint density at radius 2 is 1.60 bits per heavy atom. The van der Waals surface area contributed by atoms with Gasteiger partial charge in [-0.3, -0.25) is 0 Å². The fourth-order valence-corrected chi connectivity index (χ4v) is 2.44.